The van der Waals surface area contributed by atoms with Gasteiger partial charge in [0.05, 0.1) is 0 Å². The molecule has 108 valence electrons. The van der Waals surface area contributed by atoms with Crippen molar-refractivity contribution in [2.45, 2.75) is 18.8 Å². The first-order valence-electron chi connectivity index (χ1n) is 5.62. The standard InChI is InChI=1S/C13H10ClF4NO/c14-11-5-10(15)2-1-8(11)6-19-4-3-9(7-19)12(20)13(16,17)18/h1-5,7,12,20H,6H2. The first kappa shape index (κ1) is 14.9. The molecule has 1 aromatic carbocycles. The Labute approximate surface area is 117 Å². The minimum absolute atomic E-state index is 0.184. The van der Waals surface area contributed by atoms with E-state index in [-0.39, 0.29) is 17.1 Å². The Morgan fingerprint density at radius 1 is 1.25 bits per heavy atom. The molecule has 0 aliphatic rings. The van der Waals surface area contributed by atoms with Gasteiger partial charge in [0.2, 0.25) is 0 Å². The minimum atomic E-state index is -4.71. The summed E-state index contributed by atoms with van der Waals surface area (Å²) in [6.45, 7) is 0.184. The fourth-order valence-corrected chi connectivity index (χ4v) is 1.98. The maximum atomic E-state index is 12.9. The molecule has 0 fully saturated rings. The minimum Gasteiger partial charge on any atom is -0.379 e. The summed E-state index contributed by atoms with van der Waals surface area (Å²) in [7, 11) is 0. The number of rotatable bonds is 3. The molecule has 0 radical (unpaired) electrons. The van der Waals surface area contributed by atoms with Crippen molar-refractivity contribution < 1.29 is 22.7 Å². The van der Waals surface area contributed by atoms with Crippen LogP contribution in [0.25, 0.3) is 0 Å². The van der Waals surface area contributed by atoms with Gasteiger partial charge in [-0.05, 0) is 23.8 Å². The molecule has 0 spiro atoms. The van der Waals surface area contributed by atoms with Crippen molar-refractivity contribution in [1.29, 1.82) is 0 Å². The van der Waals surface area contributed by atoms with Crippen LogP contribution < -0.4 is 0 Å². The normalized spacial score (nSPS) is 13.5. The fraction of sp³-hybridized carbons (Fsp3) is 0.231. The van der Waals surface area contributed by atoms with Crippen LogP contribution in [0.2, 0.25) is 5.02 Å². The second-order valence-corrected chi connectivity index (χ2v) is 4.70. The van der Waals surface area contributed by atoms with Crippen molar-refractivity contribution in [1.82, 2.24) is 4.57 Å². The third-order valence-electron chi connectivity index (χ3n) is 2.77. The number of benzene rings is 1. The lowest BCUT2D eigenvalue weighted by Crippen LogP contribution is -2.19. The van der Waals surface area contributed by atoms with Gasteiger partial charge in [-0.25, -0.2) is 4.39 Å². The molecule has 7 heteroatoms. The lowest BCUT2D eigenvalue weighted by Gasteiger charge is -2.12. The smallest absolute Gasteiger partial charge is 0.379 e. The molecule has 2 nitrogen and oxygen atoms in total. The van der Waals surface area contributed by atoms with Gasteiger partial charge in [0, 0.05) is 29.5 Å². The van der Waals surface area contributed by atoms with Gasteiger partial charge < -0.3 is 9.67 Å². The summed E-state index contributed by atoms with van der Waals surface area (Å²) in [5.41, 5.74) is 0.312. The molecule has 1 heterocycles. The summed E-state index contributed by atoms with van der Waals surface area (Å²) in [4.78, 5) is 0. The summed E-state index contributed by atoms with van der Waals surface area (Å²) in [5.74, 6) is -0.487. The van der Waals surface area contributed by atoms with Crippen molar-refractivity contribution in [3.8, 4) is 0 Å². The third-order valence-corrected chi connectivity index (χ3v) is 3.12. The Balaban J connectivity index is 2.18. The fourth-order valence-electron chi connectivity index (χ4n) is 1.76. The van der Waals surface area contributed by atoms with Crippen molar-refractivity contribution in [3.63, 3.8) is 0 Å². The van der Waals surface area contributed by atoms with Gasteiger partial charge in [0.15, 0.2) is 6.10 Å². The van der Waals surface area contributed by atoms with E-state index in [1.54, 1.807) is 0 Å². The van der Waals surface area contributed by atoms with Crippen LogP contribution in [-0.4, -0.2) is 15.8 Å². The molecule has 20 heavy (non-hydrogen) atoms. The highest BCUT2D eigenvalue weighted by molar-refractivity contribution is 6.31. The highest BCUT2D eigenvalue weighted by Gasteiger charge is 2.39. The van der Waals surface area contributed by atoms with E-state index in [1.165, 1.54) is 35.2 Å². The summed E-state index contributed by atoms with van der Waals surface area (Å²) in [6, 6.07) is 4.98. The predicted molar refractivity (Wildman–Crippen MR) is 66.0 cm³/mol. The van der Waals surface area contributed by atoms with E-state index >= 15 is 0 Å². The molecule has 1 N–H and O–H groups in total. The Hall–Kier alpha value is -1.53. The summed E-state index contributed by atoms with van der Waals surface area (Å²) < 4.78 is 51.4. The van der Waals surface area contributed by atoms with Gasteiger partial charge >= 0.3 is 6.18 Å². The van der Waals surface area contributed by atoms with E-state index in [2.05, 4.69) is 0 Å². The molecule has 0 bridgehead atoms. The van der Waals surface area contributed by atoms with Crippen molar-refractivity contribution >= 4 is 11.6 Å². The number of aliphatic hydroxyl groups excluding tert-OH is 1. The Kier molecular flexibility index (Phi) is 4.06. The van der Waals surface area contributed by atoms with Gasteiger partial charge in [0.25, 0.3) is 0 Å². The molecule has 0 saturated carbocycles. The molecule has 2 aromatic rings. The lowest BCUT2D eigenvalue weighted by molar-refractivity contribution is -0.206. The number of halogens is 5. The maximum Gasteiger partial charge on any atom is 0.418 e. The molecule has 1 unspecified atom stereocenters. The molecule has 0 aliphatic heterocycles. The second-order valence-electron chi connectivity index (χ2n) is 4.30. The van der Waals surface area contributed by atoms with Crippen LogP contribution in [0.3, 0.4) is 0 Å². The van der Waals surface area contributed by atoms with Crippen molar-refractivity contribution in [2.24, 2.45) is 0 Å². The molecule has 1 aromatic heterocycles. The van der Waals surface area contributed by atoms with Crippen LogP contribution in [0, 0.1) is 5.82 Å². The van der Waals surface area contributed by atoms with E-state index in [0.717, 1.165) is 6.07 Å². The summed E-state index contributed by atoms with van der Waals surface area (Å²) in [5, 5.41) is 9.30. The average Bonchev–Trinajstić information content (AvgIpc) is 2.79. The number of aliphatic hydroxyl groups is 1. The van der Waals surface area contributed by atoms with Crippen LogP contribution in [0.4, 0.5) is 17.6 Å². The zero-order chi connectivity index (χ0) is 14.9. The Morgan fingerprint density at radius 2 is 1.95 bits per heavy atom. The zero-order valence-electron chi connectivity index (χ0n) is 10.0. The van der Waals surface area contributed by atoms with Crippen LogP contribution >= 0.6 is 11.6 Å². The molecule has 1 atom stereocenters. The first-order valence-corrected chi connectivity index (χ1v) is 5.99. The van der Waals surface area contributed by atoms with Gasteiger partial charge in [-0.3, -0.25) is 0 Å². The summed E-state index contributed by atoms with van der Waals surface area (Å²) in [6.07, 6.45) is -4.66. The van der Waals surface area contributed by atoms with E-state index in [1.807, 2.05) is 0 Å². The average molecular weight is 308 g/mol. The maximum absolute atomic E-state index is 12.9. The van der Waals surface area contributed by atoms with Gasteiger partial charge in [-0.1, -0.05) is 17.7 Å². The van der Waals surface area contributed by atoms with Crippen molar-refractivity contribution in [2.75, 3.05) is 0 Å². The van der Waals surface area contributed by atoms with Crippen molar-refractivity contribution in [3.05, 3.63) is 58.6 Å². The van der Waals surface area contributed by atoms with Gasteiger partial charge in [-0.2, -0.15) is 13.2 Å². The number of nitrogens with zero attached hydrogens (tertiary/aromatic N) is 1. The number of hydrogen-bond acceptors (Lipinski definition) is 1. The highest BCUT2D eigenvalue weighted by atomic mass is 35.5. The topological polar surface area (TPSA) is 25.2 Å². The van der Waals surface area contributed by atoms with Gasteiger partial charge in [-0.15, -0.1) is 0 Å². The lowest BCUT2D eigenvalue weighted by atomic mass is 10.2. The van der Waals surface area contributed by atoms with E-state index in [0.29, 0.717) is 5.56 Å². The Bertz CT molecular complexity index is 609. The van der Waals surface area contributed by atoms with Crippen LogP contribution in [0.1, 0.15) is 17.2 Å². The SMILES string of the molecule is OC(c1ccn(Cc2ccc(F)cc2Cl)c1)C(F)(F)F. The summed E-state index contributed by atoms with van der Waals surface area (Å²) >= 11 is 5.84. The number of aromatic nitrogens is 1. The second kappa shape index (κ2) is 5.46. The zero-order valence-corrected chi connectivity index (χ0v) is 10.8. The third kappa shape index (κ3) is 3.32. The first-order chi connectivity index (χ1) is 9.27. The van der Waals surface area contributed by atoms with E-state index in [4.69, 9.17) is 16.7 Å². The molecule has 0 amide bonds. The Morgan fingerprint density at radius 3 is 2.55 bits per heavy atom. The van der Waals surface area contributed by atoms with Crippen LogP contribution in [-0.2, 0) is 6.54 Å². The van der Waals surface area contributed by atoms with E-state index in [9.17, 15) is 17.6 Å². The molecule has 0 saturated heterocycles. The molecular formula is C13H10ClF4NO. The quantitative estimate of drug-likeness (QED) is 0.854. The van der Waals surface area contributed by atoms with Crippen LogP contribution in [0.5, 0.6) is 0 Å². The predicted octanol–water partition coefficient (Wildman–Crippen LogP) is 3.92. The number of hydrogen-bond donors (Lipinski definition) is 1. The van der Waals surface area contributed by atoms with Crippen LogP contribution in [0.15, 0.2) is 36.7 Å². The van der Waals surface area contributed by atoms with Gasteiger partial charge in [0.1, 0.15) is 5.82 Å². The monoisotopic (exact) mass is 307 g/mol. The molecule has 0 aliphatic carbocycles. The largest absolute Gasteiger partial charge is 0.418 e. The molecule has 2 rings (SSSR count). The number of alkyl halides is 3. The molecular weight excluding hydrogens is 298 g/mol. The highest BCUT2D eigenvalue weighted by Crippen LogP contribution is 2.32. The van der Waals surface area contributed by atoms with E-state index < -0.39 is 18.1 Å².